The molecule has 2 heteroatoms. The fraction of sp³-hybridized carbons (Fsp3) is 0.100. The molecule has 0 bridgehead atoms. The van der Waals surface area contributed by atoms with E-state index in [1.165, 1.54) is 77.8 Å². The van der Waals surface area contributed by atoms with Crippen LogP contribution in [0.15, 0.2) is 140 Å². The molecule has 1 aliphatic heterocycles. The van der Waals surface area contributed by atoms with Crippen molar-refractivity contribution >= 4 is 28.4 Å². The lowest BCUT2D eigenvalue weighted by atomic mass is 9.82. The normalized spacial score (nSPS) is 14.2. The summed E-state index contributed by atoms with van der Waals surface area (Å²) in [6.45, 7) is 4.68. The van der Waals surface area contributed by atoms with Crippen LogP contribution in [0.2, 0.25) is 0 Å². The van der Waals surface area contributed by atoms with Crippen molar-refractivity contribution in [3.63, 3.8) is 0 Å². The average Bonchev–Trinajstić information content (AvgIpc) is 3.50. The molecule has 0 spiro atoms. The van der Waals surface area contributed by atoms with E-state index in [4.69, 9.17) is 0 Å². The first-order valence-corrected chi connectivity index (χ1v) is 14.8. The Morgan fingerprint density at radius 2 is 0.976 bits per heavy atom. The highest BCUT2D eigenvalue weighted by Gasteiger charge is 2.35. The Balaban J connectivity index is 1.06. The maximum Gasteiger partial charge on any atom is 0.149 e. The standard InChI is InChI=1S/C40H32N2/c1-40(2)36-13-7-4-10-32(36)33-25-24-31(26-37(33)40)41(3)29-20-16-27(17-21-29)28-18-22-30(23-19-28)42-38-14-8-5-11-34(38)35-12-6-9-15-39(35)42/h4-26H,1-3H3/p+1. The lowest BCUT2D eigenvalue weighted by molar-refractivity contribution is -0.677. The molecule has 202 valence electrons. The Morgan fingerprint density at radius 3 is 1.62 bits per heavy atom. The average molecular weight is 542 g/mol. The van der Waals surface area contributed by atoms with E-state index >= 15 is 0 Å². The molecule has 1 aliphatic carbocycles. The van der Waals surface area contributed by atoms with Crippen LogP contribution in [-0.2, 0) is 5.41 Å². The van der Waals surface area contributed by atoms with Gasteiger partial charge >= 0.3 is 0 Å². The second-order valence-corrected chi connectivity index (χ2v) is 12.0. The minimum absolute atomic E-state index is 0.000260. The van der Waals surface area contributed by atoms with Crippen LogP contribution in [0.1, 0.15) is 25.0 Å². The number of anilines is 2. The van der Waals surface area contributed by atoms with Crippen LogP contribution < -0.4 is 9.80 Å². The zero-order valence-corrected chi connectivity index (χ0v) is 24.2. The Morgan fingerprint density at radius 1 is 0.476 bits per heavy atom. The minimum Gasteiger partial charge on any atom is -0.345 e. The van der Waals surface area contributed by atoms with Gasteiger partial charge in [0.15, 0.2) is 0 Å². The van der Waals surface area contributed by atoms with Crippen molar-refractivity contribution in [1.82, 2.24) is 0 Å². The van der Waals surface area contributed by atoms with Crippen LogP contribution in [0.3, 0.4) is 0 Å². The molecule has 0 radical (unpaired) electrons. The predicted octanol–water partition coefficient (Wildman–Crippen LogP) is 9.59. The smallest absolute Gasteiger partial charge is 0.149 e. The summed E-state index contributed by atoms with van der Waals surface area (Å²) in [6, 6.07) is 51.2. The molecule has 2 nitrogen and oxygen atoms in total. The van der Waals surface area contributed by atoms with E-state index in [1.807, 2.05) is 0 Å². The van der Waals surface area contributed by atoms with E-state index < -0.39 is 0 Å². The van der Waals surface area contributed by atoms with E-state index in [0.29, 0.717) is 0 Å². The van der Waals surface area contributed by atoms with Crippen molar-refractivity contribution < 1.29 is 4.90 Å². The van der Waals surface area contributed by atoms with Crippen LogP contribution in [-0.4, -0.2) is 7.05 Å². The number of quaternary nitrogens is 1. The Kier molecular flexibility index (Phi) is 5.50. The third-order valence-corrected chi connectivity index (χ3v) is 9.40. The summed E-state index contributed by atoms with van der Waals surface area (Å²) >= 11 is 0. The summed E-state index contributed by atoms with van der Waals surface area (Å²) in [5.74, 6) is 0. The van der Waals surface area contributed by atoms with Gasteiger partial charge in [0.05, 0.1) is 0 Å². The molecule has 0 fully saturated rings. The zero-order chi connectivity index (χ0) is 28.4. The number of para-hydroxylation sites is 2. The molecule has 0 unspecified atom stereocenters. The Bertz CT molecular complexity index is 1920. The maximum absolute atomic E-state index is 2.37. The molecule has 42 heavy (non-hydrogen) atoms. The van der Waals surface area contributed by atoms with E-state index in [-0.39, 0.29) is 5.41 Å². The molecule has 0 aromatic heterocycles. The topological polar surface area (TPSA) is 7.68 Å². The number of fused-ring (bicyclic) bond motifs is 6. The largest absolute Gasteiger partial charge is 0.345 e. The molecule has 2 aliphatic rings. The van der Waals surface area contributed by atoms with E-state index in [9.17, 15) is 0 Å². The number of benzene rings is 6. The highest BCUT2D eigenvalue weighted by Crippen LogP contribution is 2.49. The third-order valence-electron chi connectivity index (χ3n) is 9.40. The van der Waals surface area contributed by atoms with Gasteiger partial charge in [0.1, 0.15) is 17.1 Å². The quantitative estimate of drug-likeness (QED) is 0.233. The van der Waals surface area contributed by atoms with Crippen molar-refractivity contribution in [2.24, 2.45) is 0 Å². The fourth-order valence-electron chi connectivity index (χ4n) is 7.08. The van der Waals surface area contributed by atoms with Crippen molar-refractivity contribution in [2.45, 2.75) is 19.3 Å². The van der Waals surface area contributed by atoms with Gasteiger partial charge in [0.2, 0.25) is 0 Å². The second-order valence-electron chi connectivity index (χ2n) is 12.0. The summed E-state index contributed by atoms with van der Waals surface area (Å²) < 4.78 is 0. The lowest BCUT2D eigenvalue weighted by Gasteiger charge is -2.25. The number of nitrogens with zero attached hydrogens (tertiary/aromatic N) is 1. The van der Waals surface area contributed by atoms with Gasteiger partial charge in [0.25, 0.3) is 0 Å². The predicted molar refractivity (Wildman–Crippen MR) is 176 cm³/mol. The maximum atomic E-state index is 2.37. The molecular weight excluding hydrogens is 508 g/mol. The highest BCUT2D eigenvalue weighted by molar-refractivity contribution is 5.86. The molecule has 0 amide bonds. The summed E-state index contributed by atoms with van der Waals surface area (Å²) in [4.78, 5) is 3.61. The minimum atomic E-state index is -0.000260. The van der Waals surface area contributed by atoms with E-state index in [2.05, 4.69) is 165 Å². The van der Waals surface area contributed by atoms with Gasteiger partial charge in [-0.1, -0.05) is 80.6 Å². The summed E-state index contributed by atoms with van der Waals surface area (Å²) in [6.07, 6.45) is 0. The van der Waals surface area contributed by atoms with E-state index in [1.54, 1.807) is 0 Å². The number of rotatable bonds is 4. The fourth-order valence-corrected chi connectivity index (χ4v) is 7.08. The molecule has 1 N–H and O–H groups in total. The number of hydrogen-bond donors (Lipinski definition) is 1. The molecule has 0 saturated heterocycles. The highest BCUT2D eigenvalue weighted by atomic mass is 15.2. The van der Waals surface area contributed by atoms with Gasteiger partial charge in [-0.25, -0.2) is 4.90 Å². The second kappa shape index (κ2) is 9.30. The molecule has 1 heterocycles. The third kappa shape index (κ3) is 3.69. The van der Waals surface area contributed by atoms with Crippen LogP contribution in [0, 0.1) is 0 Å². The van der Waals surface area contributed by atoms with Gasteiger partial charge in [-0.05, 0) is 81.9 Å². The van der Waals surface area contributed by atoms with Crippen LogP contribution in [0.4, 0.5) is 28.4 Å². The summed E-state index contributed by atoms with van der Waals surface area (Å²) in [5, 5.41) is 0. The first kappa shape index (κ1) is 24.8. The number of nitrogens with one attached hydrogen (secondary N) is 1. The van der Waals surface area contributed by atoms with Crippen LogP contribution >= 0.6 is 0 Å². The Labute approximate surface area is 248 Å². The molecule has 8 rings (SSSR count). The van der Waals surface area contributed by atoms with Crippen molar-refractivity contribution in [1.29, 1.82) is 0 Å². The Hall–Kier alpha value is -4.92. The van der Waals surface area contributed by atoms with Gasteiger partial charge in [0, 0.05) is 59.2 Å². The van der Waals surface area contributed by atoms with Gasteiger partial charge in [-0.3, -0.25) is 0 Å². The molecular formula is C40H33N2+. The monoisotopic (exact) mass is 541 g/mol. The molecule has 0 saturated carbocycles. The molecule has 0 atom stereocenters. The first-order chi connectivity index (χ1) is 20.5. The van der Waals surface area contributed by atoms with Gasteiger partial charge < -0.3 is 4.90 Å². The van der Waals surface area contributed by atoms with Crippen LogP contribution in [0.25, 0.3) is 33.4 Å². The van der Waals surface area contributed by atoms with Gasteiger partial charge in [-0.15, -0.1) is 0 Å². The number of hydrogen-bond acceptors (Lipinski definition) is 1. The van der Waals surface area contributed by atoms with Gasteiger partial charge in [-0.2, -0.15) is 0 Å². The van der Waals surface area contributed by atoms with Crippen molar-refractivity contribution in [2.75, 3.05) is 11.9 Å². The van der Waals surface area contributed by atoms with E-state index in [0.717, 1.165) is 0 Å². The molecule has 6 aromatic carbocycles. The SMILES string of the molecule is CN(c1ccc(-c2ccc([NH+]3c4ccccc4-c4ccccc43)cc2)cc1)c1ccc2c(c1)C(C)(C)c1ccccc1-2. The summed E-state index contributed by atoms with van der Waals surface area (Å²) in [7, 11) is 2.16. The van der Waals surface area contributed by atoms with Crippen LogP contribution in [0.5, 0.6) is 0 Å². The summed E-state index contributed by atoms with van der Waals surface area (Å²) in [5.41, 5.74) is 16.9. The first-order valence-electron chi connectivity index (χ1n) is 14.8. The van der Waals surface area contributed by atoms with Crippen molar-refractivity contribution in [3.05, 3.63) is 151 Å². The molecule has 6 aromatic rings. The zero-order valence-electron chi connectivity index (χ0n) is 24.2. The van der Waals surface area contributed by atoms with Crippen molar-refractivity contribution in [3.8, 4) is 33.4 Å². The lowest BCUT2D eigenvalue weighted by Crippen LogP contribution is -2.95.